The molecule has 0 aromatic heterocycles. The van der Waals surface area contributed by atoms with Gasteiger partial charge in [0.25, 0.3) is 11.6 Å². The lowest BCUT2D eigenvalue weighted by molar-refractivity contribution is -0.385. The molecule has 0 fully saturated rings. The molecule has 2 N–H and O–H groups in total. The van der Waals surface area contributed by atoms with Gasteiger partial charge in [-0.25, -0.2) is 0 Å². The summed E-state index contributed by atoms with van der Waals surface area (Å²) < 4.78 is 0. The number of carbonyl (C=O) groups excluding carboxylic acids is 1. The number of nitro benzene ring substituents is 1. The molecule has 0 saturated carbocycles. The molecule has 1 aromatic carbocycles. The number of nitrogens with zero attached hydrogens (tertiary/aromatic N) is 1. The summed E-state index contributed by atoms with van der Waals surface area (Å²) in [6.07, 6.45) is 0. The van der Waals surface area contributed by atoms with Crippen molar-refractivity contribution in [1.82, 2.24) is 10.6 Å². The summed E-state index contributed by atoms with van der Waals surface area (Å²) >= 11 is 5.77. The predicted molar refractivity (Wildman–Crippen MR) is 73.5 cm³/mol. The van der Waals surface area contributed by atoms with E-state index >= 15 is 0 Å². The number of hydrogen-bond donors (Lipinski definition) is 2. The minimum atomic E-state index is -0.595. The molecule has 1 unspecified atom stereocenters. The van der Waals surface area contributed by atoms with Crippen LogP contribution in [0.4, 0.5) is 5.69 Å². The summed E-state index contributed by atoms with van der Waals surface area (Å²) in [7, 11) is 1.82. The number of halogens is 1. The fourth-order valence-electron chi connectivity index (χ4n) is 1.63. The Hall–Kier alpha value is -1.66. The largest absolute Gasteiger partial charge is 0.351 e. The maximum atomic E-state index is 11.9. The first-order chi connectivity index (χ1) is 8.95. The normalized spacial score (nSPS) is 11.9. The minimum Gasteiger partial charge on any atom is -0.351 e. The molecule has 0 aliphatic heterocycles. The molecule has 0 saturated heterocycles. The number of hydrogen-bond acceptors (Lipinski definition) is 4. The third-order valence-corrected chi connectivity index (χ3v) is 2.80. The van der Waals surface area contributed by atoms with E-state index < -0.39 is 10.8 Å². The van der Waals surface area contributed by atoms with Crippen molar-refractivity contribution >= 4 is 23.2 Å². The first-order valence-corrected chi connectivity index (χ1v) is 6.20. The van der Waals surface area contributed by atoms with E-state index in [4.69, 9.17) is 11.6 Å². The van der Waals surface area contributed by atoms with Gasteiger partial charge < -0.3 is 10.6 Å². The van der Waals surface area contributed by atoms with Crippen LogP contribution in [-0.4, -0.2) is 31.0 Å². The second-order valence-corrected chi connectivity index (χ2v) is 4.73. The van der Waals surface area contributed by atoms with Crippen molar-refractivity contribution in [2.45, 2.75) is 6.92 Å². The summed E-state index contributed by atoms with van der Waals surface area (Å²) in [5.41, 5.74) is -0.266. The highest BCUT2D eigenvalue weighted by atomic mass is 35.5. The molecule has 0 radical (unpaired) electrons. The average Bonchev–Trinajstić information content (AvgIpc) is 2.35. The van der Waals surface area contributed by atoms with E-state index in [1.165, 1.54) is 18.2 Å². The van der Waals surface area contributed by atoms with Gasteiger partial charge >= 0.3 is 0 Å². The first kappa shape index (κ1) is 15.4. The minimum absolute atomic E-state index is 0.0193. The number of amides is 1. The standard InChI is InChI=1S/C12H16ClN3O3/c1-8(6-14-2)7-15-12(17)10-5-9(13)3-4-11(10)16(18)19/h3-5,8,14H,6-7H2,1-2H3,(H,15,17). The summed E-state index contributed by atoms with van der Waals surface area (Å²) in [4.78, 5) is 22.2. The van der Waals surface area contributed by atoms with Gasteiger partial charge in [0, 0.05) is 17.6 Å². The van der Waals surface area contributed by atoms with E-state index in [1.54, 1.807) is 0 Å². The summed E-state index contributed by atoms with van der Waals surface area (Å²) in [6, 6.07) is 3.92. The average molecular weight is 286 g/mol. The van der Waals surface area contributed by atoms with Crippen molar-refractivity contribution in [1.29, 1.82) is 0 Å². The summed E-state index contributed by atoms with van der Waals surface area (Å²) in [6.45, 7) is 3.14. The van der Waals surface area contributed by atoms with E-state index in [0.29, 0.717) is 11.6 Å². The van der Waals surface area contributed by atoms with E-state index in [0.717, 1.165) is 6.54 Å². The molecule has 104 valence electrons. The lowest BCUT2D eigenvalue weighted by Crippen LogP contribution is -2.32. The van der Waals surface area contributed by atoms with Crippen LogP contribution in [0.1, 0.15) is 17.3 Å². The highest BCUT2D eigenvalue weighted by molar-refractivity contribution is 6.31. The van der Waals surface area contributed by atoms with Gasteiger partial charge in [-0.3, -0.25) is 14.9 Å². The Labute approximate surface area is 116 Å². The Kier molecular flexibility index (Phi) is 5.72. The van der Waals surface area contributed by atoms with Crippen LogP contribution in [0, 0.1) is 16.0 Å². The van der Waals surface area contributed by atoms with Crippen LogP contribution < -0.4 is 10.6 Å². The molecule has 1 amide bonds. The molecule has 0 heterocycles. The van der Waals surface area contributed by atoms with Crippen LogP contribution in [0.15, 0.2) is 18.2 Å². The Morgan fingerprint density at radius 1 is 1.47 bits per heavy atom. The Morgan fingerprint density at radius 3 is 2.74 bits per heavy atom. The Balaban J connectivity index is 2.81. The third kappa shape index (κ3) is 4.50. The van der Waals surface area contributed by atoms with Crippen LogP contribution >= 0.6 is 11.6 Å². The quantitative estimate of drug-likeness (QED) is 0.617. The van der Waals surface area contributed by atoms with Crippen LogP contribution in [0.5, 0.6) is 0 Å². The SMILES string of the molecule is CNCC(C)CNC(=O)c1cc(Cl)ccc1[N+](=O)[O-]. The zero-order valence-corrected chi connectivity index (χ0v) is 11.5. The molecular weight excluding hydrogens is 270 g/mol. The first-order valence-electron chi connectivity index (χ1n) is 5.82. The number of nitrogens with one attached hydrogen (secondary N) is 2. The summed E-state index contributed by atoms with van der Waals surface area (Å²) in [5, 5.41) is 16.8. The topological polar surface area (TPSA) is 84.3 Å². The van der Waals surface area contributed by atoms with Gasteiger partial charge in [0.15, 0.2) is 0 Å². The molecule has 0 bridgehead atoms. The predicted octanol–water partition coefficient (Wildman–Crippen LogP) is 1.83. The fraction of sp³-hybridized carbons (Fsp3) is 0.417. The van der Waals surface area contributed by atoms with Crippen LogP contribution in [0.25, 0.3) is 0 Å². The second-order valence-electron chi connectivity index (χ2n) is 4.29. The van der Waals surface area contributed by atoms with Crippen molar-refractivity contribution in [3.8, 4) is 0 Å². The van der Waals surface area contributed by atoms with Crippen molar-refractivity contribution < 1.29 is 9.72 Å². The van der Waals surface area contributed by atoms with Crippen LogP contribution in [0.3, 0.4) is 0 Å². The van der Waals surface area contributed by atoms with Gasteiger partial charge in [-0.15, -0.1) is 0 Å². The molecule has 0 aliphatic rings. The maximum absolute atomic E-state index is 11.9. The van der Waals surface area contributed by atoms with Crippen molar-refractivity contribution in [3.63, 3.8) is 0 Å². The van der Waals surface area contributed by atoms with Gasteiger partial charge in [-0.1, -0.05) is 18.5 Å². The summed E-state index contributed by atoms with van der Waals surface area (Å²) in [5.74, 6) is -0.260. The van der Waals surface area contributed by atoms with Gasteiger partial charge in [-0.05, 0) is 31.6 Å². The van der Waals surface area contributed by atoms with E-state index in [9.17, 15) is 14.9 Å². The lowest BCUT2D eigenvalue weighted by Gasteiger charge is -2.12. The van der Waals surface area contributed by atoms with Crippen molar-refractivity contribution in [3.05, 3.63) is 38.9 Å². The monoisotopic (exact) mass is 285 g/mol. The van der Waals surface area contributed by atoms with E-state index in [1.807, 2.05) is 14.0 Å². The number of rotatable bonds is 6. The molecule has 6 nitrogen and oxygen atoms in total. The number of carbonyl (C=O) groups is 1. The van der Waals surface area contributed by atoms with Gasteiger partial charge in [0.2, 0.25) is 0 Å². The highest BCUT2D eigenvalue weighted by Crippen LogP contribution is 2.22. The lowest BCUT2D eigenvalue weighted by atomic mass is 10.1. The number of benzene rings is 1. The Bertz CT molecular complexity index is 479. The second kappa shape index (κ2) is 7.06. The molecule has 1 atom stereocenters. The van der Waals surface area contributed by atoms with Gasteiger partial charge in [0.1, 0.15) is 5.56 Å². The molecular formula is C12H16ClN3O3. The highest BCUT2D eigenvalue weighted by Gasteiger charge is 2.20. The molecule has 0 spiro atoms. The fourth-order valence-corrected chi connectivity index (χ4v) is 1.80. The zero-order chi connectivity index (χ0) is 14.4. The smallest absolute Gasteiger partial charge is 0.282 e. The third-order valence-electron chi connectivity index (χ3n) is 2.56. The molecule has 1 rings (SSSR count). The van der Waals surface area contributed by atoms with Crippen molar-refractivity contribution in [2.75, 3.05) is 20.1 Å². The Morgan fingerprint density at radius 2 is 2.16 bits per heavy atom. The molecule has 1 aromatic rings. The molecule has 0 aliphatic carbocycles. The number of nitro groups is 1. The van der Waals surface area contributed by atoms with Gasteiger partial charge in [0.05, 0.1) is 4.92 Å². The molecule has 7 heteroatoms. The van der Waals surface area contributed by atoms with E-state index in [-0.39, 0.29) is 17.2 Å². The van der Waals surface area contributed by atoms with Crippen LogP contribution in [-0.2, 0) is 0 Å². The zero-order valence-electron chi connectivity index (χ0n) is 10.8. The van der Waals surface area contributed by atoms with E-state index in [2.05, 4.69) is 10.6 Å². The molecule has 19 heavy (non-hydrogen) atoms. The van der Waals surface area contributed by atoms with Gasteiger partial charge in [-0.2, -0.15) is 0 Å². The van der Waals surface area contributed by atoms with Crippen LogP contribution in [0.2, 0.25) is 5.02 Å². The van der Waals surface area contributed by atoms with Crippen molar-refractivity contribution in [2.24, 2.45) is 5.92 Å². The maximum Gasteiger partial charge on any atom is 0.282 e.